The molecule has 1 saturated carbocycles. The van der Waals surface area contributed by atoms with Crippen LogP contribution >= 0.6 is 0 Å². The highest BCUT2D eigenvalue weighted by Crippen LogP contribution is 2.40. The summed E-state index contributed by atoms with van der Waals surface area (Å²) in [7, 11) is 0. The van der Waals surface area contributed by atoms with Gasteiger partial charge in [-0.15, -0.1) is 0 Å². The van der Waals surface area contributed by atoms with E-state index in [-0.39, 0.29) is 5.92 Å². The fraction of sp³-hybridized carbons (Fsp3) is 0.900. The second-order valence-corrected chi connectivity index (χ2v) is 4.20. The summed E-state index contributed by atoms with van der Waals surface area (Å²) in [5.74, 6) is 0.425. The largest absolute Gasteiger partial charge is 0.317 e. The highest BCUT2D eigenvalue weighted by atomic mass is 19.1. The minimum atomic E-state index is -1.09. The van der Waals surface area contributed by atoms with Crippen molar-refractivity contribution in [1.82, 2.24) is 0 Å². The van der Waals surface area contributed by atoms with Crippen LogP contribution in [0.15, 0.2) is 0 Å². The molecule has 0 aromatic carbocycles. The van der Waals surface area contributed by atoms with Crippen molar-refractivity contribution in [2.24, 2.45) is 11.8 Å². The van der Waals surface area contributed by atoms with Crippen LogP contribution in [-0.2, 0) is 0 Å². The monoisotopic (exact) mass is 169 g/mol. The van der Waals surface area contributed by atoms with E-state index < -0.39 is 5.67 Å². The first-order valence-corrected chi connectivity index (χ1v) is 4.58. The summed E-state index contributed by atoms with van der Waals surface area (Å²) in [6.45, 7) is 10.6. The molecule has 2 atom stereocenters. The Kier molecular flexibility index (Phi) is 2.72. The second kappa shape index (κ2) is 3.43. The molecule has 0 heterocycles. The van der Waals surface area contributed by atoms with Crippen LogP contribution in [0.4, 0.5) is 4.39 Å². The normalized spacial score (nSPS) is 30.2. The summed E-state index contributed by atoms with van der Waals surface area (Å²) in [5, 5.41) is 0. The minimum Gasteiger partial charge on any atom is -0.317 e. The van der Waals surface area contributed by atoms with Crippen molar-refractivity contribution in [3.8, 4) is 0 Å². The maximum absolute atomic E-state index is 13.6. The first kappa shape index (κ1) is 9.51. The molecule has 0 amide bonds. The van der Waals surface area contributed by atoms with Crippen LogP contribution in [0, 0.1) is 18.4 Å². The van der Waals surface area contributed by atoms with Crippen LogP contribution in [0.25, 0.3) is 4.85 Å². The lowest BCUT2D eigenvalue weighted by Gasteiger charge is -2.25. The molecule has 0 aromatic heterocycles. The summed E-state index contributed by atoms with van der Waals surface area (Å²) in [5.41, 5.74) is -1.09. The summed E-state index contributed by atoms with van der Waals surface area (Å²) >= 11 is 0. The first-order chi connectivity index (χ1) is 5.55. The van der Waals surface area contributed by atoms with Gasteiger partial charge >= 0.3 is 0 Å². The van der Waals surface area contributed by atoms with Crippen molar-refractivity contribution in [1.29, 1.82) is 0 Å². The van der Waals surface area contributed by atoms with E-state index in [4.69, 9.17) is 6.57 Å². The van der Waals surface area contributed by atoms with Gasteiger partial charge in [0.15, 0.2) is 0 Å². The van der Waals surface area contributed by atoms with Gasteiger partial charge in [0.2, 0.25) is 6.54 Å². The molecule has 1 rings (SSSR count). The smallest absolute Gasteiger partial charge is 0.217 e. The Morgan fingerprint density at radius 1 is 1.50 bits per heavy atom. The molecular weight excluding hydrogens is 153 g/mol. The van der Waals surface area contributed by atoms with E-state index in [2.05, 4.69) is 4.85 Å². The molecule has 0 bridgehead atoms. The third-order valence-electron chi connectivity index (χ3n) is 2.87. The molecule has 2 heteroatoms. The Hall–Kier alpha value is -0.580. The van der Waals surface area contributed by atoms with Gasteiger partial charge < -0.3 is 4.85 Å². The number of rotatable bonds is 2. The molecule has 0 aliphatic heterocycles. The van der Waals surface area contributed by atoms with Gasteiger partial charge in [-0.25, -0.2) is 11.0 Å². The van der Waals surface area contributed by atoms with E-state index >= 15 is 0 Å². The molecule has 68 valence electrons. The third kappa shape index (κ3) is 1.97. The molecule has 1 nitrogen and oxygen atoms in total. The predicted octanol–water partition coefficient (Wildman–Crippen LogP) is 3.07. The summed E-state index contributed by atoms with van der Waals surface area (Å²) in [6, 6.07) is 0. The maximum atomic E-state index is 13.6. The second-order valence-electron chi connectivity index (χ2n) is 4.20. The van der Waals surface area contributed by atoms with E-state index in [9.17, 15) is 4.39 Å². The van der Waals surface area contributed by atoms with Crippen molar-refractivity contribution < 1.29 is 4.39 Å². The first-order valence-electron chi connectivity index (χ1n) is 4.58. The SMILES string of the molecule is [C-]#[N+]CC1CCCC1C(C)(C)F. The number of hydrogen-bond donors (Lipinski definition) is 0. The van der Waals surface area contributed by atoms with Gasteiger partial charge in [-0.3, -0.25) is 0 Å². The third-order valence-corrected chi connectivity index (χ3v) is 2.87. The number of halogens is 1. The van der Waals surface area contributed by atoms with Crippen LogP contribution in [-0.4, -0.2) is 12.2 Å². The lowest BCUT2D eigenvalue weighted by molar-refractivity contribution is 0.100. The molecular formula is C10H16FN. The van der Waals surface area contributed by atoms with Crippen molar-refractivity contribution in [3.63, 3.8) is 0 Å². The van der Waals surface area contributed by atoms with E-state index in [0.29, 0.717) is 12.5 Å². The molecule has 0 N–H and O–H groups in total. The Labute approximate surface area is 73.8 Å². The van der Waals surface area contributed by atoms with Gasteiger partial charge in [-0.05, 0) is 26.7 Å². The zero-order chi connectivity index (χ0) is 9.19. The topological polar surface area (TPSA) is 4.36 Å². The molecule has 0 saturated heterocycles. The van der Waals surface area contributed by atoms with Crippen molar-refractivity contribution >= 4 is 0 Å². The molecule has 12 heavy (non-hydrogen) atoms. The Balaban J connectivity index is 2.59. The Morgan fingerprint density at radius 2 is 2.17 bits per heavy atom. The summed E-state index contributed by atoms with van der Waals surface area (Å²) in [4.78, 5) is 3.36. The molecule has 1 fully saturated rings. The molecule has 1 aliphatic carbocycles. The van der Waals surface area contributed by atoms with E-state index in [1.807, 2.05) is 0 Å². The number of alkyl halides is 1. The summed E-state index contributed by atoms with van der Waals surface area (Å²) in [6.07, 6.45) is 3.10. The van der Waals surface area contributed by atoms with Crippen molar-refractivity contribution in [3.05, 3.63) is 11.4 Å². The van der Waals surface area contributed by atoms with Crippen LogP contribution in [0.3, 0.4) is 0 Å². The van der Waals surface area contributed by atoms with E-state index in [1.54, 1.807) is 13.8 Å². The average Bonchev–Trinajstić information content (AvgIpc) is 2.34. The van der Waals surface area contributed by atoms with Crippen LogP contribution in [0.2, 0.25) is 0 Å². The lowest BCUT2D eigenvalue weighted by atomic mass is 9.84. The zero-order valence-corrected chi connectivity index (χ0v) is 7.81. The Bertz CT molecular complexity index is 187. The number of hydrogen-bond acceptors (Lipinski definition) is 0. The van der Waals surface area contributed by atoms with Crippen molar-refractivity contribution in [2.45, 2.75) is 38.8 Å². The van der Waals surface area contributed by atoms with Crippen LogP contribution in [0.1, 0.15) is 33.1 Å². The molecule has 1 aliphatic rings. The van der Waals surface area contributed by atoms with Gasteiger partial charge in [-0.1, -0.05) is 6.42 Å². The maximum Gasteiger partial charge on any atom is 0.217 e. The lowest BCUT2D eigenvalue weighted by Crippen LogP contribution is -2.29. The predicted molar refractivity (Wildman–Crippen MR) is 47.5 cm³/mol. The summed E-state index contributed by atoms with van der Waals surface area (Å²) < 4.78 is 13.6. The highest BCUT2D eigenvalue weighted by molar-refractivity contribution is 4.91. The van der Waals surface area contributed by atoms with Gasteiger partial charge in [0.1, 0.15) is 5.67 Å². The highest BCUT2D eigenvalue weighted by Gasteiger charge is 2.40. The molecule has 0 aromatic rings. The number of nitrogens with zero attached hydrogens (tertiary/aromatic N) is 1. The van der Waals surface area contributed by atoms with Gasteiger partial charge in [-0.2, -0.15) is 0 Å². The fourth-order valence-electron chi connectivity index (χ4n) is 2.28. The van der Waals surface area contributed by atoms with Crippen LogP contribution in [0.5, 0.6) is 0 Å². The van der Waals surface area contributed by atoms with Crippen molar-refractivity contribution in [2.75, 3.05) is 6.54 Å². The standard InChI is InChI=1S/C10H16FN/c1-10(2,11)9-6-4-5-8(9)7-12-3/h8-9H,4-7H2,1-2H3. The van der Waals surface area contributed by atoms with Gasteiger partial charge in [0.05, 0.1) is 0 Å². The molecule has 2 unspecified atom stereocenters. The van der Waals surface area contributed by atoms with Crippen LogP contribution < -0.4 is 0 Å². The molecule has 0 spiro atoms. The molecule has 0 radical (unpaired) electrons. The Morgan fingerprint density at radius 3 is 2.67 bits per heavy atom. The quantitative estimate of drug-likeness (QED) is 0.559. The van der Waals surface area contributed by atoms with E-state index in [0.717, 1.165) is 19.3 Å². The average molecular weight is 169 g/mol. The zero-order valence-electron chi connectivity index (χ0n) is 7.81. The fourth-order valence-corrected chi connectivity index (χ4v) is 2.28. The van der Waals surface area contributed by atoms with Gasteiger partial charge in [0.25, 0.3) is 0 Å². The minimum absolute atomic E-state index is 0.117. The van der Waals surface area contributed by atoms with E-state index in [1.165, 1.54) is 0 Å². The van der Waals surface area contributed by atoms with Gasteiger partial charge in [0, 0.05) is 11.8 Å².